The molecule has 0 saturated carbocycles. The predicted molar refractivity (Wildman–Crippen MR) is 69.4 cm³/mol. The molecule has 0 bridgehead atoms. The van der Waals surface area contributed by atoms with E-state index in [-0.39, 0.29) is 36.2 Å². The zero-order valence-corrected chi connectivity index (χ0v) is 11.7. The summed E-state index contributed by atoms with van der Waals surface area (Å²) in [6.07, 6.45) is 0. The van der Waals surface area contributed by atoms with Gasteiger partial charge in [-0.25, -0.2) is 8.42 Å². The van der Waals surface area contributed by atoms with Crippen LogP contribution in [0, 0.1) is 0 Å². The molecule has 0 aliphatic heterocycles. The lowest BCUT2D eigenvalue weighted by Gasteiger charge is -2.20. The number of aliphatic hydroxyl groups excluding tert-OH is 2. The zero-order chi connectivity index (χ0) is 13.8. The highest BCUT2D eigenvalue weighted by Crippen LogP contribution is 2.27. The Bertz CT molecular complexity index is 501. The fourth-order valence-electron chi connectivity index (χ4n) is 1.40. The summed E-state index contributed by atoms with van der Waals surface area (Å²) >= 11 is 11.5. The molecule has 18 heavy (non-hydrogen) atoms. The van der Waals surface area contributed by atoms with Gasteiger partial charge in [0.25, 0.3) is 0 Å². The molecule has 0 amide bonds. The van der Waals surface area contributed by atoms with Gasteiger partial charge in [-0.3, -0.25) is 0 Å². The molecule has 0 heterocycles. The Kier molecular flexibility index (Phi) is 5.84. The number of hydrogen-bond acceptors (Lipinski definition) is 4. The summed E-state index contributed by atoms with van der Waals surface area (Å²) in [5.74, 6) is 0. The van der Waals surface area contributed by atoms with Crippen molar-refractivity contribution < 1.29 is 18.6 Å². The second-order valence-electron chi connectivity index (χ2n) is 3.43. The number of sulfonamides is 1. The molecule has 1 aromatic carbocycles. The van der Waals surface area contributed by atoms with E-state index >= 15 is 0 Å². The molecule has 1 aromatic rings. The number of halogens is 2. The van der Waals surface area contributed by atoms with Crippen molar-refractivity contribution in [3.63, 3.8) is 0 Å². The minimum atomic E-state index is -3.85. The first-order valence-electron chi connectivity index (χ1n) is 5.10. The molecule has 8 heteroatoms. The van der Waals surface area contributed by atoms with E-state index in [1.807, 2.05) is 0 Å². The van der Waals surface area contributed by atoms with Crippen molar-refractivity contribution in [2.45, 2.75) is 4.90 Å². The molecule has 0 fully saturated rings. The highest BCUT2D eigenvalue weighted by molar-refractivity contribution is 7.89. The molecule has 0 atom stereocenters. The maximum Gasteiger partial charge on any atom is 0.244 e. The Labute approximate surface area is 116 Å². The molecular formula is C10H13Cl2NO4S. The summed E-state index contributed by atoms with van der Waals surface area (Å²) in [7, 11) is -3.85. The smallest absolute Gasteiger partial charge is 0.244 e. The first kappa shape index (κ1) is 15.7. The minimum absolute atomic E-state index is 0.00313. The first-order chi connectivity index (χ1) is 8.43. The fourth-order valence-corrected chi connectivity index (χ4v) is 3.57. The molecule has 5 nitrogen and oxygen atoms in total. The van der Waals surface area contributed by atoms with Gasteiger partial charge < -0.3 is 10.2 Å². The van der Waals surface area contributed by atoms with E-state index in [2.05, 4.69) is 0 Å². The first-order valence-corrected chi connectivity index (χ1v) is 7.30. The van der Waals surface area contributed by atoms with Crippen LogP contribution in [0.4, 0.5) is 0 Å². The molecule has 0 radical (unpaired) electrons. The van der Waals surface area contributed by atoms with Gasteiger partial charge in [0.2, 0.25) is 10.0 Å². The predicted octanol–water partition coefficient (Wildman–Crippen LogP) is 0.969. The van der Waals surface area contributed by atoms with Crippen LogP contribution < -0.4 is 0 Å². The molecule has 0 aliphatic carbocycles. The second kappa shape index (κ2) is 6.70. The standard InChI is InChI=1S/C10H13Cl2NO4S/c11-8-1-2-10(9(12)7-8)18(16,17)13(3-5-14)4-6-15/h1-2,7,14-15H,3-6H2. The third-order valence-corrected chi connectivity index (χ3v) is 4.83. The van der Waals surface area contributed by atoms with Gasteiger partial charge in [0.05, 0.1) is 18.2 Å². The fraction of sp³-hybridized carbons (Fsp3) is 0.400. The minimum Gasteiger partial charge on any atom is -0.395 e. The van der Waals surface area contributed by atoms with Gasteiger partial charge in [0.15, 0.2) is 0 Å². The van der Waals surface area contributed by atoms with Gasteiger partial charge in [-0.15, -0.1) is 0 Å². The largest absolute Gasteiger partial charge is 0.395 e. The van der Waals surface area contributed by atoms with Gasteiger partial charge in [-0.05, 0) is 18.2 Å². The van der Waals surface area contributed by atoms with Gasteiger partial charge in [-0.2, -0.15) is 4.31 Å². The van der Waals surface area contributed by atoms with Crippen molar-refractivity contribution in [1.82, 2.24) is 4.31 Å². The van der Waals surface area contributed by atoms with Gasteiger partial charge in [0.1, 0.15) is 4.90 Å². The van der Waals surface area contributed by atoms with Crippen LogP contribution in [0.25, 0.3) is 0 Å². The van der Waals surface area contributed by atoms with Gasteiger partial charge in [0, 0.05) is 18.1 Å². The Morgan fingerprint density at radius 1 is 1.11 bits per heavy atom. The number of rotatable bonds is 6. The third kappa shape index (κ3) is 3.57. The number of aliphatic hydroxyl groups is 2. The Morgan fingerprint density at radius 2 is 1.67 bits per heavy atom. The lowest BCUT2D eigenvalue weighted by atomic mass is 10.4. The van der Waals surface area contributed by atoms with Crippen LogP contribution in [-0.4, -0.2) is 49.2 Å². The van der Waals surface area contributed by atoms with Gasteiger partial charge in [-0.1, -0.05) is 23.2 Å². The lowest BCUT2D eigenvalue weighted by molar-refractivity contribution is 0.217. The highest BCUT2D eigenvalue weighted by Gasteiger charge is 2.25. The summed E-state index contributed by atoms with van der Waals surface area (Å²) in [6.45, 7) is -0.904. The average Bonchev–Trinajstić information content (AvgIpc) is 2.28. The normalized spacial score (nSPS) is 12.1. The van der Waals surface area contributed by atoms with E-state index in [4.69, 9.17) is 33.4 Å². The van der Waals surface area contributed by atoms with Crippen molar-refractivity contribution in [1.29, 1.82) is 0 Å². The van der Waals surface area contributed by atoms with Crippen molar-refractivity contribution in [2.75, 3.05) is 26.3 Å². The van der Waals surface area contributed by atoms with Crippen LogP contribution in [0.15, 0.2) is 23.1 Å². The maximum atomic E-state index is 12.2. The summed E-state index contributed by atoms with van der Waals surface area (Å²) in [6, 6.07) is 4.03. The lowest BCUT2D eigenvalue weighted by Crippen LogP contribution is -2.36. The molecule has 0 saturated heterocycles. The van der Waals surface area contributed by atoms with Crippen molar-refractivity contribution in [3.05, 3.63) is 28.2 Å². The highest BCUT2D eigenvalue weighted by atomic mass is 35.5. The average molecular weight is 314 g/mol. The van der Waals surface area contributed by atoms with E-state index < -0.39 is 10.0 Å². The summed E-state index contributed by atoms with van der Waals surface area (Å²) in [5.41, 5.74) is 0. The molecular weight excluding hydrogens is 301 g/mol. The second-order valence-corrected chi connectivity index (χ2v) is 6.18. The molecule has 0 aliphatic rings. The zero-order valence-electron chi connectivity index (χ0n) is 9.38. The quantitative estimate of drug-likeness (QED) is 0.820. The molecule has 0 aromatic heterocycles. The molecule has 0 spiro atoms. The van der Waals surface area contributed by atoms with Crippen molar-refractivity contribution >= 4 is 33.2 Å². The van der Waals surface area contributed by atoms with Crippen molar-refractivity contribution in [3.8, 4) is 0 Å². The monoisotopic (exact) mass is 313 g/mol. The van der Waals surface area contributed by atoms with E-state index in [0.717, 1.165) is 4.31 Å². The Morgan fingerprint density at radius 3 is 2.11 bits per heavy atom. The SMILES string of the molecule is O=S(=O)(c1ccc(Cl)cc1Cl)N(CCO)CCO. The number of nitrogens with zero attached hydrogens (tertiary/aromatic N) is 1. The van der Waals surface area contributed by atoms with Crippen LogP contribution in [0.2, 0.25) is 10.0 Å². The topological polar surface area (TPSA) is 77.8 Å². The maximum absolute atomic E-state index is 12.2. The molecule has 2 N–H and O–H groups in total. The van der Waals surface area contributed by atoms with Crippen LogP contribution in [0.3, 0.4) is 0 Å². The van der Waals surface area contributed by atoms with E-state index in [9.17, 15) is 8.42 Å². The van der Waals surface area contributed by atoms with E-state index in [1.54, 1.807) is 0 Å². The third-order valence-electron chi connectivity index (χ3n) is 2.21. The van der Waals surface area contributed by atoms with Crippen LogP contribution in [0.5, 0.6) is 0 Å². The summed E-state index contributed by atoms with van der Waals surface area (Å²) in [5, 5.41) is 18.0. The van der Waals surface area contributed by atoms with Gasteiger partial charge >= 0.3 is 0 Å². The molecule has 0 unspecified atom stereocenters. The van der Waals surface area contributed by atoms with Crippen molar-refractivity contribution in [2.24, 2.45) is 0 Å². The Balaban J connectivity index is 3.17. The van der Waals surface area contributed by atoms with Crippen LogP contribution >= 0.6 is 23.2 Å². The van der Waals surface area contributed by atoms with E-state index in [0.29, 0.717) is 5.02 Å². The Hall–Kier alpha value is -0.370. The number of hydrogen-bond donors (Lipinski definition) is 2. The summed E-state index contributed by atoms with van der Waals surface area (Å²) < 4.78 is 25.4. The molecule has 1 rings (SSSR count). The molecule has 102 valence electrons. The van der Waals surface area contributed by atoms with Crippen LogP contribution in [0.1, 0.15) is 0 Å². The number of benzene rings is 1. The van der Waals surface area contributed by atoms with Crippen LogP contribution in [-0.2, 0) is 10.0 Å². The summed E-state index contributed by atoms with van der Waals surface area (Å²) in [4.78, 5) is -0.101. The van der Waals surface area contributed by atoms with E-state index in [1.165, 1.54) is 18.2 Å².